The smallest absolute Gasteiger partial charge is 0.127 e. The summed E-state index contributed by atoms with van der Waals surface area (Å²) in [6, 6.07) is 13.1. The number of fused-ring (bicyclic) bond motifs is 5. The van der Waals surface area contributed by atoms with E-state index in [1.165, 1.54) is 29.5 Å². The molecule has 2 aromatic rings. The molecular formula is C31H30N2O. The summed E-state index contributed by atoms with van der Waals surface area (Å²) in [6.45, 7) is 3.75. The minimum atomic E-state index is -0.496. The Bertz CT molecular complexity index is 1330. The molecule has 2 spiro atoms. The maximum Gasteiger partial charge on any atom is 0.127 e. The molecule has 0 radical (unpaired) electrons. The van der Waals surface area contributed by atoms with Crippen LogP contribution in [0.5, 0.6) is 0 Å². The molecule has 0 bridgehead atoms. The van der Waals surface area contributed by atoms with Crippen molar-refractivity contribution in [1.82, 2.24) is 0 Å². The largest absolute Gasteiger partial charge is 0.383 e. The first-order chi connectivity index (χ1) is 16.6. The third-order valence-electron chi connectivity index (χ3n) is 8.31. The summed E-state index contributed by atoms with van der Waals surface area (Å²) in [5.74, 6) is 14.3. The molecule has 1 atom stereocenters. The third-order valence-corrected chi connectivity index (χ3v) is 8.31. The summed E-state index contributed by atoms with van der Waals surface area (Å²) < 4.78 is 5.75. The summed E-state index contributed by atoms with van der Waals surface area (Å²) >= 11 is 0. The second kappa shape index (κ2) is 7.90. The average Bonchev–Trinajstić information content (AvgIpc) is 3.60. The van der Waals surface area contributed by atoms with Crippen LogP contribution in [0.1, 0.15) is 71.9 Å². The fourth-order valence-electron chi connectivity index (χ4n) is 6.44. The Kier molecular flexibility index (Phi) is 4.94. The van der Waals surface area contributed by atoms with Gasteiger partial charge in [-0.1, -0.05) is 36.3 Å². The van der Waals surface area contributed by atoms with E-state index < -0.39 is 5.54 Å². The van der Waals surface area contributed by atoms with Crippen molar-refractivity contribution in [2.45, 2.75) is 56.6 Å². The van der Waals surface area contributed by atoms with Crippen molar-refractivity contribution >= 4 is 5.84 Å². The van der Waals surface area contributed by atoms with E-state index in [1.54, 1.807) is 6.08 Å². The first-order valence-corrected chi connectivity index (χ1v) is 12.4. The van der Waals surface area contributed by atoms with E-state index in [-0.39, 0.29) is 5.41 Å². The maximum atomic E-state index is 6.64. The van der Waals surface area contributed by atoms with Crippen LogP contribution < -0.4 is 5.73 Å². The van der Waals surface area contributed by atoms with Crippen molar-refractivity contribution in [3.8, 4) is 23.7 Å². The van der Waals surface area contributed by atoms with Crippen molar-refractivity contribution in [2.75, 3.05) is 7.11 Å². The number of hydrogen-bond donors (Lipinski definition) is 1. The molecule has 2 aromatic carbocycles. The lowest BCUT2D eigenvalue weighted by Gasteiger charge is -2.47. The molecule has 34 heavy (non-hydrogen) atoms. The van der Waals surface area contributed by atoms with Gasteiger partial charge in [0.05, 0.1) is 6.10 Å². The van der Waals surface area contributed by atoms with E-state index in [4.69, 9.17) is 15.5 Å². The van der Waals surface area contributed by atoms with E-state index in [0.29, 0.717) is 17.9 Å². The highest BCUT2D eigenvalue weighted by Gasteiger charge is 2.62. The van der Waals surface area contributed by atoms with E-state index in [1.807, 2.05) is 13.2 Å². The minimum Gasteiger partial charge on any atom is -0.383 e. The van der Waals surface area contributed by atoms with Gasteiger partial charge >= 0.3 is 0 Å². The average molecular weight is 447 g/mol. The number of rotatable bonds is 1. The SMILES string of the molecule is C=CC#Cc1ccc2c(c1)C1(N=C2N)c2cc(C#CC3CC3)ccc2CC12CCC(OC)CC2. The molecule has 3 heteroatoms. The standard InChI is InChI=1S/C31H30N2O/c1-3-4-5-22-11-13-26-28(19-22)31(33-29(26)32)27-18-23(9-8-21-6-7-21)10-12-24(27)20-30(31)16-14-25(34-2)15-17-30/h3,10-13,18-19,21,25H,1,6-7,14-17,20H2,2H3,(H2,32,33). The molecule has 3 aliphatic carbocycles. The van der Waals surface area contributed by atoms with Crippen LogP contribution in [0.25, 0.3) is 0 Å². The van der Waals surface area contributed by atoms with E-state index in [2.05, 4.69) is 60.6 Å². The Morgan fingerprint density at radius 3 is 2.50 bits per heavy atom. The zero-order valence-corrected chi connectivity index (χ0v) is 19.8. The molecule has 3 nitrogen and oxygen atoms in total. The van der Waals surface area contributed by atoms with Gasteiger partial charge in [-0.15, -0.1) is 0 Å². The molecule has 6 rings (SSSR count). The van der Waals surface area contributed by atoms with Crippen LogP contribution in [0.3, 0.4) is 0 Å². The highest BCUT2D eigenvalue weighted by molar-refractivity contribution is 6.03. The van der Waals surface area contributed by atoms with Gasteiger partial charge in [-0.25, -0.2) is 0 Å². The Hall–Kier alpha value is -3.27. The highest BCUT2D eigenvalue weighted by Crippen LogP contribution is 2.64. The van der Waals surface area contributed by atoms with Crippen LogP contribution in [0.4, 0.5) is 0 Å². The number of hydrogen-bond acceptors (Lipinski definition) is 3. The summed E-state index contributed by atoms with van der Waals surface area (Å²) in [6.07, 6.45) is 9.62. The van der Waals surface area contributed by atoms with Crippen LogP contribution in [0, 0.1) is 35.0 Å². The van der Waals surface area contributed by atoms with Crippen molar-refractivity contribution in [3.05, 3.63) is 82.4 Å². The van der Waals surface area contributed by atoms with Gasteiger partial charge in [-0.05, 0) is 98.0 Å². The second-order valence-electron chi connectivity index (χ2n) is 10.2. The molecule has 0 aromatic heterocycles. The monoisotopic (exact) mass is 446 g/mol. The zero-order chi connectivity index (χ0) is 23.3. The molecule has 0 amide bonds. The summed E-state index contributed by atoms with van der Waals surface area (Å²) in [4.78, 5) is 5.36. The molecule has 2 N–H and O–H groups in total. The van der Waals surface area contributed by atoms with Crippen molar-refractivity contribution in [3.63, 3.8) is 0 Å². The summed E-state index contributed by atoms with van der Waals surface area (Å²) in [5, 5.41) is 0. The van der Waals surface area contributed by atoms with E-state index in [9.17, 15) is 0 Å². The molecule has 170 valence electrons. The topological polar surface area (TPSA) is 47.6 Å². The summed E-state index contributed by atoms with van der Waals surface area (Å²) in [7, 11) is 1.83. The fourth-order valence-corrected chi connectivity index (χ4v) is 6.44. The Balaban J connectivity index is 1.56. The minimum absolute atomic E-state index is 0.0206. The Morgan fingerprint density at radius 2 is 1.76 bits per heavy atom. The number of aliphatic imine (C=N–C) groups is 1. The van der Waals surface area contributed by atoms with Gasteiger partial charge in [0.25, 0.3) is 0 Å². The van der Waals surface area contributed by atoms with Gasteiger partial charge < -0.3 is 10.5 Å². The molecule has 2 saturated carbocycles. The lowest BCUT2D eigenvalue weighted by Crippen LogP contribution is -2.45. The molecule has 4 aliphatic rings. The maximum absolute atomic E-state index is 6.64. The van der Waals surface area contributed by atoms with Gasteiger partial charge in [0.15, 0.2) is 0 Å². The molecular weight excluding hydrogens is 416 g/mol. The molecule has 0 saturated heterocycles. The van der Waals surface area contributed by atoms with Gasteiger partial charge in [0, 0.05) is 35.1 Å². The van der Waals surface area contributed by atoms with Crippen LogP contribution in [-0.2, 0) is 16.7 Å². The molecule has 1 heterocycles. The molecule has 1 aliphatic heterocycles. The van der Waals surface area contributed by atoms with Crippen LogP contribution >= 0.6 is 0 Å². The van der Waals surface area contributed by atoms with Crippen molar-refractivity contribution in [2.24, 2.45) is 22.1 Å². The van der Waals surface area contributed by atoms with Gasteiger partial charge in [0.2, 0.25) is 0 Å². The predicted molar refractivity (Wildman–Crippen MR) is 136 cm³/mol. The van der Waals surface area contributed by atoms with E-state index in [0.717, 1.165) is 48.8 Å². The normalized spacial score (nSPS) is 28.4. The predicted octanol–water partition coefficient (Wildman–Crippen LogP) is 5.08. The first-order valence-electron chi connectivity index (χ1n) is 12.4. The van der Waals surface area contributed by atoms with Crippen LogP contribution in [0.2, 0.25) is 0 Å². The van der Waals surface area contributed by atoms with E-state index >= 15 is 0 Å². The quantitative estimate of drug-likeness (QED) is 0.621. The van der Waals surface area contributed by atoms with Crippen molar-refractivity contribution < 1.29 is 4.74 Å². The number of nitrogens with two attached hydrogens (primary N) is 1. The number of benzene rings is 2. The third kappa shape index (κ3) is 3.15. The fraction of sp³-hybridized carbons (Fsp3) is 0.387. The second-order valence-corrected chi connectivity index (χ2v) is 10.2. The number of allylic oxidation sites excluding steroid dienone is 1. The lowest BCUT2D eigenvalue weighted by molar-refractivity contribution is 0.00684. The Morgan fingerprint density at radius 1 is 1.03 bits per heavy atom. The zero-order valence-electron chi connectivity index (χ0n) is 19.8. The van der Waals surface area contributed by atoms with Gasteiger partial charge in [-0.2, -0.15) is 0 Å². The number of nitrogens with zero attached hydrogens (tertiary/aromatic N) is 1. The number of methoxy groups -OCH3 is 1. The van der Waals surface area contributed by atoms with Gasteiger partial charge in [0.1, 0.15) is 11.4 Å². The van der Waals surface area contributed by atoms with Crippen molar-refractivity contribution in [1.29, 1.82) is 0 Å². The van der Waals surface area contributed by atoms with Gasteiger partial charge in [-0.3, -0.25) is 4.99 Å². The van der Waals surface area contributed by atoms with Crippen LogP contribution in [-0.4, -0.2) is 19.0 Å². The lowest BCUT2D eigenvalue weighted by atomic mass is 9.59. The molecule has 1 unspecified atom stereocenters. The first kappa shape index (κ1) is 21.3. The van der Waals surface area contributed by atoms with Crippen LogP contribution in [0.15, 0.2) is 54.0 Å². The highest BCUT2D eigenvalue weighted by atomic mass is 16.5. The summed E-state index contributed by atoms with van der Waals surface area (Å²) in [5.41, 5.74) is 13.1. The Labute approximate surface area is 202 Å². The number of ether oxygens (including phenoxy) is 1. The molecule has 2 fully saturated rings. The number of amidine groups is 1.